The van der Waals surface area contributed by atoms with Gasteiger partial charge >= 0.3 is 5.97 Å². The van der Waals surface area contributed by atoms with Crippen molar-refractivity contribution in [1.29, 1.82) is 0 Å². The van der Waals surface area contributed by atoms with Crippen molar-refractivity contribution >= 4 is 17.6 Å². The van der Waals surface area contributed by atoms with E-state index in [1.807, 2.05) is 0 Å². The van der Waals surface area contributed by atoms with E-state index in [-0.39, 0.29) is 18.1 Å². The van der Waals surface area contributed by atoms with Crippen molar-refractivity contribution in [2.45, 2.75) is 0 Å². The van der Waals surface area contributed by atoms with E-state index in [1.54, 1.807) is 24.3 Å². The lowest BCUT2D eigenvalue weighted by atomic mass is 9.97. The minimum absolute atomic E-state index is 0.00811. The van der Waals surface area contributed by atoms with E-state index in [0.29, 0.717) is 33.4 Å². The zero-order chi connectivity index (χ0) is 17.3. The fourth-order valence-corrected chi connectivity index (χ4v) is 2.77. The molecule has 0 bridgehead atoms. The second kappa shape index (κ2) is 6.49. The number of hydrogen-bond donors (Lipinski definition) is 0. The average Bonchev–Trinajstić information content (AvgIpc) is 3.09. The molecule has 6 nitrogen and oxygen atoms in total. The lowest BCUT2D eigenvalue weighted by Gasteiger charge is -2.16. The van der Waals surface area contributed by atoms with Crippen LogP contribution in [0.25, 0.3) is 11.1 Å². The molecule has 0 spiro atoms. The van der Waals surface area contributed by atoms with Gasteiger partial charge in [0.1, 0.15) is 11.3 Å². The van der Waals surface area contributed by atoms with Crippen molar-refractivity contribution in [2.75, 3.05) is 28.1 Å². The topological polar surface area (TPSA) is 63.2 Å². The van der Waals surface area contributed by atoms with Gasteiger partial charge in [-0.3, -0.25) is 0 Å². The van der Waals surface area contributed by atoms with Gasteiger partial charge in [-0.25, -0.2) is 4.79 Å². The van der Waals surface area contributed by atoms with Crippen molar-refractivity contribution in [3.05, 3.63) is 34.9 Å². The summed E-state index contributed by atoms with van der Waals surface area (Å²) in [7, 11) is 4.34. The predicted octanol–water partition coefficient (Wildman–Crippen LogP) is 3.54. The van der Waals surface area contributed by atoms with E-state index in [4.69, 9.17) is 35.3 Å². The molecule has 1 heterocycles. The Kier molecular flexibility index (Phi) is 4.40. The Hall–Kier alpha value is -2.60. The number of rotatable bonds is 4. The molecule has 0 N–H and O–H groups in total. The molecule has 126 valence electrons. The molecule has 1 aliphatic rings. The summed E-state index contributed by atoms with van der Waals surface area (Å²) in [6.07, 6.45) is 0. The molecule has 0 fully saturated rings. The highest BCUT2D eigenvalue weighted by atomic mass is 35.5. The molecule has 2 aromatic rings. The van der Waals surface area contributed by atoms with Crippen molar-refractivity contribution < 1.29 is 28.5 Å². The maximum atomic E-state index is 12.4. The van der Waals surface area contributed by atoms with Crippen molar-refractivity contribution in [3.63, 3.8) is 0 Å². The fourth-order valence-electron chi connectivity index (χ4n) is 2.60. The summed E-state index contributed by atoms with van der Waals surface area (Å²) in [6, 6.07) is 6.79. The Morgan fingerprint density at radius 2 is 1.71 bits per heavy atom. The summed E-state index contributed by atoms with van der Waals surface area (Å²) < 4.78 is 26.6. The van der Waals surface area contributed by atoms with Crippen molar-refractivity contribution in [1.82, 2.24) is 0 Å². The Morgan fingerprint density at radius 3 is 2.38 bits per heavy atom. The fraction of sp³-hybridized carbons (Fsp3) is 0.235. The maximum absolute atomic E-state index is 12.4. The zero-order valence-corrected chi connectivity index (χ0v) is 14.1. The molecule has 1 aliphatic heterocycles. The highest BCUT2D eigenvalue weighted by Gasteiger charge is 2.31. The SMILES string of the molecule is COC(=O)c1c(-c2cc(Cl)ccc2OC)cc(OC)c2c1OCO2. The summed E-state index contributed by atoms with van der Waals surface area (Å²) in [5.74, 6) is 1.06. The molecular formula is C17H15ClO6. The van der Waals surface area contributed by atoms with Crippen molar-refractivity contribution in [3.8, 4) is 34.1 Å². The first-order valence-electron chi connectivity index (χ1n) is 7.03. The average molecular weight is 351 g/mol. The summed E-state index contributed by atoms with van der Waals surface area (Å²) in [5.41, 5.74) is 1.36. The van der Waals surface area contributed by atoms with Crippen LogP contribution in [0.2, 0.25) is 5.02 Å². The predicted molar refractivity (Wildman–Crippen MR) is 87.5 cm³/mol. The Labute approximate surface area is 143 Å². The van der Waals surface area contributed by atoms with E-state index in [1.165, 1.54) is 21.3 Å². The quantitative estimate of drug-likeness (QED) is 0.786. The molecule has 7 heteroatoms. The molecule has 24 heavy (non-hydrogen) atoms. The Bertz CT molecular complexity index is 802. The zero-order valence-electron chi connectivity index (χ0n) is 13.3. The highest BCUT2D eigenvalue weighted by Crippen LogP contribution is 2.49. The molecular weight excluding hydrogens is 336 g/mol. The largest absolute Gasteiger partial charge is 0.496 e. The van der Waals surface area contributed by atoms with Gasteiger partial charge in [-0.05, 0) is 24.3 Å². The van der Waals surface area contributed by atoms with Gasteiger partial charge in [0, 0.05) is 16.1 Å². The third-order valence-corrected chi connectivity index (χ3v) is 3.90. The molecule has 0 saturated heterocycles. The molecule has 0 unspecified atom stereocenters. The number of esters is 1. The third kappa shape index (κ3) is 2.59. The second-order valence-corrected chi connectivity index (χ2v) is 5.34. The molecule has 0 atom stereocenters. The number of ether oxygens (including phenoxy) is 5. The number of hydrogen-bond acceptors (Lipinski definition) is 6. The Morgan fingerprint density at radius 1 is 1.00 bits per heavy atom. The van der Waals surface area contributed by atoms with Gasteiger partial charge < -0.3 is 23.7 Å². The van der Waals surface area contributed by atoms with Crippen molar-refractivity contribution in [2.24, 2.45) is 0 Å². The van der Waals surface area contributed by atoms with Crippen LogP contribution in [0.15, 0.2) is 24.3 Å². The monoisotopic (exact) mass is 350 g/mol. The number of fused-ring (bicyclic) bond motifs is 1. The van der Waals surface area contributed by atoms with E-state index in [2.05, 4.69) is 0 Å². The van der Waals surface area contributed by atoms with Crippen LogP contribution in [0.5, 0.6) is 23.0 Å². The van der Waals surface area contributed by atoms with Crippen LogP contribution in [0.3, 0.4) is 0 Å². The minimum Gasteiger partial charge on any atom is -0.496 e. The molecule has 0 saturated carbocycles. The first kappa shape index (κ1) is 16.3. The summed E-state index contributed by atoms with van der Waals surface area (Å²) in [6.45, 7) is -0.00811. The van der Waals surface area contributed by atoms with Gasteiger partial charge in [0.2, 0.25) is 12.5 Å². The maximum Gasteiger partial charge on any atom is 0.342 e. The van der Waals surface area contributed by atoms with Crippen LogP contribution >= 0.6 is 11.6 Å². The van der Waals surface area contributed by atoms with E-state index in [9.17, 15) is 4.79 Å². The first-order valence-corrected chi connectivity index (χ1v) is 7.41. The van der Waals surface area contributed by atoms with E-state index >= 15 is 0 Å². The Balaban J connectivity index is 2.35. The van der Waals surface area contributed by atoms with E-state index in [0.717, 1.165) is 0 Å². The third-order valence-electron chi connectivity index (χ3n) is 3.67. The lowest BCUT2D eigenvalue weighted by Crippen LogP contribution is -2.06. The standard InChI is InChI=1S/C17H15ClO6/c1-20-12-5-4-9(18)6-10(12)11-7-13(21-2)15-16(24-8-23-15)14(11)17(19)22-3/h4-7H,8H2,1-3H3. The van der Waals surface area contributed by atoms with Crippen LogP contribution in [-0.2, 0) is 4.74 Å². The van der Waals surface area contributed by atoms with Gasteiger partial charge in [0.25, 0.3) is 0 Å². The van der Waals surface area contributed by atoms with Gasteiger partial charge in [0.15, 0.2) is 11.5 Å². The molecule has 0 radical (unpaired) electrons. The molecule has 3 rings (SSSR count). The number of halogens is 1. The molecule has 2 aromatic carbocycles. The van der Waals surface area contributed by atoms with Crippen LogP contribution in [0.4, 0.5) is 0 Å². The lowest BCUT2D eigenvalue weighted by molar-refractivity contribution is 0.0597. The van der Waals surface area contributed by atoms with E-state index < -0.39 is 5.97 Å². The molecule has 0 amide bonds. The minimum atomic E-state index is -0.559. The van der Waals surface area contributed by atoms with Gasteiger partial charge in [-0.2, -0.15) is 0 Å². The number of benzene rings is 2. The van der Waals surface area contributed by atoms with Crippen LogP contribution in [0.1, 0.15) is 10.4 Å². The van der Waals surface area contributed by atoms with Crippen LogP contribution < -0.4 is 18.9 Å². The summed E-state index contributed by atoms with van der Waals surface area (Å²) in [4.78, 5) is 12.4. The van der Waals surface area contributed by atoms with Gasteiger partial charge in [-0.1, -0.05) is 11.6 Å². The van der Waals surface area contributed by atoms with Gasteiger partial charge in [0.05, 0.1) is 21.3 Å². The van der Waals surface area contributed by atoms with Gasteiger partial charge in [-0.15, -0.1) is 0 Å². The summed E-state index contributed by atoms with van der Waals surface area (Å²) in [5, 5.41) is 0.498. The number of carbonyl (C=O) groups excluding carboxylic acids is 1. The number of carbonyl (C=O) groups is 1. The highest BCUT2D eigenvalue weighted by molar-refractivity contribution is 6.31. The normalized spacial score (nSPS) is 12.0. The molecule has 0 aromatic heterocycles. The van der Waals surface area contributed by atoms with Crippen LogP contribution in [0, 0.1) is 0 Å². The second-order valence-electron chi connectivity index (χ2n) is 4.90. The summed E-state index contributed by atoms with van der Waals surface area (Å²) >= 11 is 6.12. The smallest absolute Gasteiger partial charge is 0.342 e. The molecule has 0 aliphatic carbocycles. The first-order chi connectivity index (χ1) is 11.6. The van der Waals surface area contributed by atoms with Crippen LogP contribution in [-0.4, -0.2) is 34.1 Å². The number of methoxy groups -OCH3 is 3.